The van der Waals surface area contributed by atoms with Gasteiger partial charge in [0.1, 0.15) is 11.4 Å². The van der Waals surface area contributed by atoms with Crippen molar-refractivity contribution in [3.63, 3.8) is 0 Å². The van der Waals surface area contributed by atoms with Crippen LogP contribution in [0, 0.1) is 5.82 Å². The molecule has 2 aromatic carbocycles. The summed E-state index contributed by atoms with van der Waals surface area (Å²) >= 11 is 6.41. The Balaban J connectivity index is 1.50. The van der Waals surface area contributed by atoms with Crippen molar-refractivity contribution in [1.82, 2.24) is 14.9 Å². The van der Waals surface area contributed by atoms with Crippen LogP contribution in [0.15, 0.2) is 48.7 Å². The van der Waals surface area contributed by atoms with E-state index < -0.39 is 0 Å². The summed E-state index contributed by atoms with van der Waals surface area (Å²) in [6, 6.07) is 12.7. The highest BCUT2D eigenvalue weighted by atomic mass is 35.5. The molecule has 38 heavy (non-hydrogen) atoms. The number of ether oxygens (including phenoxy) is 2. The number of halogens is 2. The Kier molecular flexibility index (Phi) is 7.17. The molecule has 3 heterocycles. The molecule has 1 aliphatic heterocycles. The lowest BCUT2D eigenvalue weighted by Crippen LogP contribution is -2.49. The molecule has 1 fully saturated rings. The first kappa shape index (κ1) is 25.9. The van der Waals surface area contributed by atoms with Gasteiger partial charge in [-0.3, -0.25) is 4.79 Å². The van der Waals surface area contributed by atoms with Gasteiger partial charge >= 0.3 is 0 Å². The monoisotopic (exact) mass is 536 g/mol. The molecule has 0 atom stereocenters. The van der Waals surface area contributed by atoms with Crippen molar-refractivity contribution >= 4 is 34.2 Å². The lowest BCUT2D eigenvalue weighted by Gasteiger charge is -2.35. The fourth-order valence-electron chi connectivity index (χ4n) is 5.04. The summed E-state index contributed by atoms with van der Waals surface area (Å²) < 4.78 is 26.7. The Morgan fingerprint density at radius 2 is 1.82 bits per heavy atom. The number of rotatable bonds is 6. The molecule has 0 saturated carbocycles. The van der Waals surface area contributed by atoms with Gasteiger partial charge in [-0.1, -0.05) is 37.6 Å². The zero-order valence-electron chi connectivity index (χ0n) is 21.8. The summed E-state index contributed by atoms with van der Waals surface area (Å²) in [5, 5.41) is 1.07. The van der Waals surface area contributed by atoms with E-state index in [1.165, 1.54) is 0 Å². The SMILES string of the molecule is COc1cccnc1N1CCN(C(=O)c2cc3c(-c4cccc(Cl)c4OC)cc(C(C)C)c(F)c3[nH]2)CC1. The number of para-hydroxylation sites is 1. The Hall–Kier alpha value is -3.78. The zero-order chi connectivity index (χ0) is 27.0. The van der Waals surface area contributed by atoms with Gasteiger partial charge in [0, 0.05) is 43.3 Å². The Morgan fingerprint density at radius 1 is 1.05 bits per heavy atom. The van der Waals surface area contributed by atoms with E-state index in [0.29, 0.717) is 64.9 Å². The molecular weight excluding hydrogens is 507 g/mol. The van der Waals surface area contributed by atoms with Crippen LogP contribution in [0.5, 0.6) is 11.5 Å². The molecule has 0 aliphatic carbocycles. The summed E-state index contributed by atoms with van der Waals surface area (Å²) in [5.41, 5.74) is 2.68. The largest absolute Gasteiger partial charge is 0.495 e. The Labute approximate surface area is 226 Å². The Bertz CT molecular complexity index is 1490. The quantitative estimate of drug-likeness (QED) is 0.321. The van der Waals surface area contributed by atoms with Gasteiger partial charge in [-0.25, -0.2) is 9.37 Å². The molecule has 7 nitrogen and oxygen atoms in total. The second kappa shape index (κ2) is 10.5. The molecule has 2 aromatic heterocycles. The number of nitrogens with zero attached hydrogens (tertiary/aromatic N) is 3. The van der Waals surface area contributed by atoms with Crippen LogP contribution in [0.1, 0.15) is 35.8 Å². The number of fused-ring (bicyclic) bond motifs is 1. The van der Waals surface area contributed by atoms with Crippen molar-refractivity contribution in [2.45, 2.75) is 19.8 Å². The molecule has 1 aliphatic rings. The van der Waals surface area contributed by atoms with E-state index in [4.69, 9.17) is 21.1 Å². The van der Waals surface area contributed by atoms with Gasteiger partial charge in [0.15, 0.2) is 17.4 Å². The number of hydrogen-bond donors (Lipinski definition) is 1. The highest BCUT2D eigenvalue weighted by Gasteiger charge is 2.27. The van der Waals surface area contributed by atoms with E-state index in [0.717, 1.165) is 16.9 Å². The van der Waals surface area contributed by atoms with Gasteiger partial charge in [0.2, 0.25) is 0 Å². The molecule has 0 radical (unpaired) electrons. The number of aromatic nitrogens is 2. The molecule has 0 bridgehead atoms. The summed E-state index contributed by atoms with van der Waals surface area (Å²) in [4.78, 5) is 25.0. The van der Waals surface area contributed by atoms with Gasteiger partial charge in [-0.15, -0.1) is 0 Å². The van der Waals surface area contributed by atoms with Crippen LogP contribution in [0.4, 0.5) is 10.2 Å². The highest BCUT2D eigenvalue weighted by Crippen LogP contribution is 2.42. The minimum absolute atomic E-state index is 0.0672. The van der Waals surface area contributed by atoms with Crippen LogP contribution in [0.2, 0.25) is 5.02 Å². The smallest absolute Gasteiger partial charge is 0.270 e. The van der Waals surface area contributed by atoms with Crippen LogP contribution < -0.4 is 14.4 Å². The number of amides is 1. The summed E-state index contributed by atoms with van der Waals surface area (Å²) in [7, 11) is 3.17. The van der Waals surface area contributed by atoms with Crippen molar-refractivity contribution in [2.24, 2.45) is 0 Å². The van der Waals surface area contributed by atoms with Crippen molar-refractivity contribution in [1.29, 1.82) is 0 Å². The third-order valence-electron chi connectivity index (χ3n) is 7.03. The van der Waals surface area contributed by atoms with Crippen molar-refractivity contribution < 1.29 is 18.7 Å². The third-order valence-corrected chi connectivity index (χ3v) is 7.33. The van der Waals surface area contributed by atoms with Crippen molar-refractivity contribution in [3.05, 3.63) is 70.8 Å². The van der Waals surface area contributed by atoms with E-state index in [2.05, 4.69) is 14.9 Å². The van der Waals surface area contributed by atoms with Gasteiger partial charge in [0.05, 0.1) is 24.8 Å². The molecule has 5 rings (SSSR count). The van der Waals surface area contributed by atoms with Crippen molar-refractivity contribution in [2.75, 3.05) is 45.3 Å². The minimum atomic E-state index is -0.356. The minimum Gasteiger partial charge on any atom is -0.495 e. The second-order valence-electron chi connectivity index (χ2n) is 9.58. The first-order valence-corrected chi connectivity index (χ1v) is 12.9. The number of nitrogens with one attached hydrogen (secondary N) is 1. The Morgan fingerprint density at radius 3 is 2.50 bits per heavy atom. The molecule has 1 amide bonds. The van der Waals surface area contributed by atoms with Crippen LogP contribution >= 0.6 is 11.6 Å². The number of carbonyl (C=O) groups is 1. The summed E-state index contributed by atoms with van der Waals surface area (Å²) in [5.74, 6) is 1.36. The van der Waals surface area contributed by atoms with Gasteiger partial charge < -0.3 is 24.3 Å². The molecule has 1 N–H and O–H groups in total. The number of methoxy groups -OCH3 is 2. The highest BCUT2D eigenvalue weighted by molar-refractivity contribution is 6.32. The van der Waals surface area contributed by atoms with Crippen LogP contribution in [-0.4, -0.2) is 61.2 Å². The lowest BCUT2D eigenvalue weighted by atomic mass is 9.93. The number of piperazine rings is 1. The second-order valence-corrected chi connectivity index (χ2v) is 9.99. The summed E-state index contributed by atoms with van der Waals surface area (Å²) in [6.45, 7) is 6.10. The molecule has 9 heteroatoms. The number of anilines is 1. The van der Waals surface area contributed by atoms with Crippen LogP contribution in [0.25, 0.3) is 22.0 Å². The summed E-state index contributed by atoms with van der Waals surface area (Å²) in [6.07, 6.45) is 1.73. The fourth-order valence-corrected chi connectivity index (χ4v) is 5.29. The lowest BCUT2D eigenvalue weighted by molar-refractivity contribution is 0.0741. The van der Waals surface area contributed by atoms with Gasteiger partial charge in [0.25, 0.3) is 5.91 Å². The van der Waals surface area contributed by atoms with Gasteiger partial charge in [-0.2, -0.15) is 0 Å². The number of H-pyrrole nitrogens is 1. The number of benzene rings is 2. The zero-order valence-corrected chi connectivity index (χ0v) is 22.6. The topological polar surface area (TPSA) is 70.7 Å². The molecule has 0 spiro atoms. The fraction of sp³-hybridized carbons (Fsp3) is 0.310. The molecule has 1 saturated heterocycles. The van der Waals surface area contributed by atoms with E-state index in [1.807, 2.05) is 44.2 Å². The predicted octanol–water partition coefficient (Wildman–Crippen LogP) is 6.13. The molecule has 0 unspecified atom stereocenters. The number of pyridine rings is 1. The van der Waals surface area contributed by atoms with Gasteiger partial charge in [-0.05, 0) is 47.4 Å². The molecular formula is C29H30ClFN4O3. The van der Waals surface area contributed by atoms with E-state index in [9.17, 15) is 4.79 Å². The average molecular weight is 537 g/mol. The maximum absolute atomic E-state index is 15.7. The first-order chi connectivity index (χ1) is 18.3. The van der Waals surface area contributed by atoms with Crippen LogP contribution in [-0.2, 0) is 0 Å². The van der Waals surface area contributed by atoms with Crippen molar-refractivity contribution in [3.8, 4) is 22.6 Å². The van der Waals surface area contributed by atoms with E-state index >= 15 is 4.39 Å². The van der Waals surface area contributed by atoms with E-state index in [1.54, 1.807) is 37.4 Å². The normalized spacial score (nSPS) is 13.9. The first-order valence-electron chi connectivity index (χ1n) is 12.5. The average Bonchev–Trinajstić information content (AvgIpc) is 3.39. The number of hydrogen-bond acceptors (Lipinski definition) is 5. The molecule has 198 valence electrons. The maximum Gasteiger partial charge on any atom is 0.270 e. The van der Waals surface area contributed by atoms with E-state index in [-0.39, 0.29) is 17.6 Å². The molecule has 4 aromatic rings. The predicted molar refractivity (Wildman–Crippen MR) is 148 cm³/mol. The van der Waals surface area contributed by atoms with Crippen LogP contribution in [0.3, 0.4) is 0 Å². The number of aromatic amines is 1. The number of carbonyl (C=O) groups excluding carboxylic acids is 1. The maximum atomic E-state index is 15.7. The third kappa shape index (κ3) is 4.53. The standard InChI is InChI=1S/C29H30ClFN4O3/c1-17(2)19-15-20(18-7-5-8-22(30)27(18)38-4)21-16-23(33-26(21)25(19)31)29(36)35-13-11-34(12-14-35)28-24(37-3)9-6-10-32-28/h5-10,15-17,33H,11-14H2,1-4H3.